The Labute approximate surface area is 154 Å². The molecule has 140 valence electrons. The van der Waals surface area contributed by atoms with E-state index in [1.165, 1.54) is 7.11 Å². The van der Waals surface area contributed by atoms with E-state index in [1.54, 1.807) is 12.1 Å². The van der Waals surface area contributed by atoms with Crippen molar-refractivity contribution in [2.45, 2.75) is 19.3 Å². The van der Waals surface area contributed by atoms with Crippen LogP contribution in [0, 0.1) is 11.6 Å². The topological polar surface area (TPSA) is 104 Å². The Morgan fingerprint density at radius 1 is 1.11 bits per heavy atom. The van der Waals surface area contributed by atoms with Crippen LogP contribution in [-0.4, -0.2) is 23.2 Å². The number of carbonyl (C=O) groups is 1. The van der Waals surface area contributed by atoms with Gasteiger partial charge in [0.15, 0.2) is 17.3 Å². The van der Waals surface area contributed by atoms with Gasteiger partial charge in [-0.3, -0.25) is 4.79 Å². The zero-order valence-electron chi connectivity index (χ0n) is 14.6. The molecule has 1 heterocycles. The molecule has 0 aliphatic carbocycles. The highest BCUT2D eigenvalue weighted by atomic mass is 19.2. The molecule has 1 aromatic heterocycles. The summed E-state index contributed by atoms with van der Waals surface area (Å²) in [5.41, 5.74) is 13.4. The zero-order chi connectivity index (χ0) is 19.6. The number of carbonyl (C=O) groups excluding carboxylic acids is 1. The summed E-state index contributed by atoms with van der Waals surface area (Å²) in [5.74, 6) is -2.28. The Hall–Kier alpha value is -3.29. The quantitative estimate of drug-likeness (QED) is 0.692. The van der Waals surface area contributed by atoms with E-state index in [1.807, 2.05) is 6.07 Å². The molecule has 8 heteroatoms. The van der Waals surface area contributed by atoms with Gasteiger partial charge in [0.2, 0.25) is 0 Å². The van der Waals surface area contributed by atoms with Crippen molar-refractivity contribution in [1.82, 2.24) is 10.2 Å². The van der Waals surface area contributed by atoms with Gasteiger partial charge >= 0.3 is 0 Å². The van der Waals surface area contributed by atoms with Gasteiger partial charge in [0, 0.05) is 11.5 Å². The summed E-state index contributed by atoms with van der Waals surface area (Å²) in [5, 5.41) is 8.50. The molecule has 6 nitrogen and oxygen atoms in total. The van der Waals surface area contributed by atoms with Gasteiger partial charge in [0.05, 0.1) is 18.3 Å². The molecule has 0 bridgehead atoms. The number of nitrogen functional groups attached to an aromatic ring is 1. The first kappa shape index (κ1) is 18.5. The van der Waals surface area contributed by atoms with Crippen molar-refractivity contribution in [3.8, 4) is 5.75 Å². The van der Waals surface area contributed by atoms with Crippen LogP contribution in [0.15, 0.2) is 30.3 Å². The molecular formula is C19H18F2N4O2. The standard InChI is InChI=1S/C19H18F2N4O2/c1-27-15-9-14(21)13(20)8-11(15)6-2-4-10-5-3-7-12-16(22)18(19(23)26)25-24-17(10)12/h3,5,7-9H,2,4,6H2,1H3,(H2,22,24)(H2,23,26). The van der Waals surface area contributed by atoms with Gasteiger partial charge in [-0.05, 0) is 36.5 Å². The predicted octanol–water partition coefficient (Wildman–Crippen LogP) is 2.77. The smallest absolute Gasteiger partial charge is 0.271 e. The Balaban J connectivity index is 1.83. The Morgan fingerprint density at radius 3 is 2.52 bits per heavy atom. The van der Waals surface area contributed by atoms with Crippen LogP contribution in [0.2, 0.25) is 0 Å². The van der Waals surface area contributed by atoms with Crippen molar-refractivity contribution in [2.24, 2.45) is 5.73 Å². The molecule has 0 radical (unpaired) electrons. The minimum Gasteiger partial charge on any atom is -0.496 e. The lowest BCUT2D eigenvalue weighted by Crippen LogP contribution is -2.17. The summed E-state index contributed by atoms with van der Waals surface area (Å²) in [6.07, 6.45) is 1.72. The number of fused-ring (bicyclic) bond motifs is 1. The largest absolute Gasteiger partial charge is 0.496 e. The first-order valence-corrected chi connectivity index (χ1v) is 8.27. The molecule has 1 amide bonds. The Morgan fingerprint density at radius 2 is 1.81 bits per heavy atom. The molecule has 3 rings (SSSR count). The lowest BCUT2D eigenvalue weighted by atomic mass is 10.0. The maximum Gasteiger partial charge on any atom is 0.271 e. The number of aryl methyl sites for hydroxylation is 2. The molecule has 27 heavy (non-hydrogen) atoms. The second-order valence-corrected chi connectivity index (χ2v) is 6.07. The number of amides is 1. The first-order valence-electron chi connectivity index (χ1n) is 8.27. The lowest BCUT2D eigenvalue weighted by Gasteiger charge is -2.11. The number of anilines is 1. The lowest BCUT2D eigenvalue weighted by molar-refractivity contribution is 0.0995. The number of hydrogen-bond donors (Lipinski definition) is 2. The molecule has 0 aliphatic heterocycles. The number of ether oxygens (including phenoxy) is 1. The van der Waals surface area contributed by atoms with Crippen LogP contribution in [0.25, 0.3) is 10.9 Å². The minimum absolute atomic E-state index is 0.0637. The average Bonchev–Trinajstić information content (AvgIpc) is 2.64. The van der Waals surface area contributed by atoms with E-state index < -0.39 is 17.5 Å². The van der Waals surface area contributed by atoms with Gasteiger partial charge in [0.1, 0.15) is 5.75 Å². The number of nitrogens with zero attached hydrogens (tertiary/aromatic N) is 2. The average molecular weight is 372 g/mol. The third-order valence-electron chi connectivity index (χ3n) is 4.36. The van der Waals surface area contributed by atoms with Gasteiger partial charge in [-0.15, -0.1) is 10.2 Å². The van der Waals surface area contributed by atoms with Gasteiger partial charge < -0.3 is 16.2 Å². The molecule has 0 atom stereocenters. The van der Waals surface area contributed by atoms with E-state index in [2.05, 4.69) is 10.2 Å². The summed E-state index contributed by atoms with van der Waals surface area (Å²) in [6, 6.07) is 7.61. The number of nitrogens with two attached hydrogens (primary N) is 2. The van der Waals surface area contributed by atoms with Crippen molar-refractivity contribution in [3.63, 3.8) is 0 Å². The van der Waals surface area contributed by atoms with Crippen LogP contribution < -0.4 is 16.2 Å². The van der Waals surface area contributed by atoms with E-state index in [4.69, 9.17) is 16.2 Å². The van der Waals surface area contributed by atoms with E-state index in [0.29, 0.717) is 41.5 Å². The van der Waals surface area contributed by atoms with Crippen molar-refractivity contribution < 1.29 is 18.3 Å². The molecule has 0 saturated carbocycles. The van der Waals surface area contributed by atoms with Crippen molar-refractivity contribution in [1.29, 1.82) is 0 Å². The van der Waals surface area contributed by atoms with E-state index in [-0.39, 0.29) is 11.4 Å². The van der Waals surface area contributed by atoms with Crippen LogP contribution in [0.1, 0.15) is 28.0 Å². The molecule has 0 spiro atoms. The van der Waals surface area contributed by atoms with Crippen LogP contribution in [0.3, 0.4) is 0 Å². The summed E-state index contributed by atoms with van der Waals surface area (Å²) in [7, 11) is 1.41. The van der Waals surface area contributed by atoms with Gasteiger partial charge in [0.25, 0.3) is 5.91 Å². The molecule has 0 saturated heterocycles. The second kappa shape index (κ2) is 7.53. The van der Waals surface area contributed by atoms with Crippen molar-refractivity contribution in [3.05, 3.63) is 58.8 Å². The number of benzene rings is 2. The fraction of sp³-hybridized carbons (Fsp3) is 0.211. The third kappa shape index (κ3) is 3.64. The summed E-state index contributed by atoms with van der Waals surface area (Å²) in [6.45, 7) is 0. The van der Waals surface area contributed by atoms with E-state index in [9.17, 15) is 13.6 Å². The number of aromatic nitrogens is 2. The highest BCUT2D eigenvalue weighted by Crippen LogP contribution is 2.27. The SMILES string of the molecule is COc1cc(F)c(F)cc1CCCc1cccc2c(N)c(C(N)=O)nnc12. The van der Waals surface area contributed by atoms with Crippen molar-refractivity contribution in [2.75, 3.05) is 12.8 Å². The first-order chi connectivity index (χ1) is 12.9. The number of primary amides is 1. The monoisotopic (exact) mass is 372 g/mol. The number of rotatable bonds is 6. The predicted molar refractivity (Wildman–Crippen MR) is 97.4 cm³/mol. The van der Waals surface area contributed by atoms with Crippen LogP contribution >= 0.6 is 0 Å². The summed E-state index contributed by atoms with van der Waals surface area (Å²) >= 11 is 0. The maximum absolute atomic E-state index is 13.5. The molecule has 4 N–H and O–H groups in total. The molecule has 2 aromatic carbocycles. The molecule has 3 aromatic rings. The van der Waals surface area contributed by atoms with Gasteiger partial charge in [-0.2, -0.15) is 0 Å². The maximum atomic E-state index is 13.5. The molecular weight excluding hydrogens is 354 g/mol. The highest BCUT2D eigenvalue weighted by Gasteiger charge is 2.15. The minimum atomic E-state index is -0.944. The van der Waals surface area contributed by atoms with Gasteiger partial charge in [-0.1, -0.05) is 18.2 Å². The fourth-order valence-electron chi connectivity index (χ4n) is 3.02. The number of methoxy groups -OCH3 is 1. The van der Waals surface area contributed by atoms with Crippen LogP contribution in [-0.2, 0) is 12.8 Å². The molecule has 0 fully saturated rings. The van der Waals surface area contributed by atoms with Crippen molar-refractivity contribution >= 4 is 22.5 Å². The third-order valence-corrected chi connectivity index (χ3v) is 4.36. The van der Waals surface area contributed by atoms with Crippen LogP contribution in [0.4, 0.5) is 14.5 Å². The van der Waals surface area contributed by atoms with Crippen LogP contribution in [0.5, 0.6) is 5.75 Å². The summed E-state index contributed by atoms with van der Waals surface area (Å²) in [4.78, 5) is 11.4. The highest BCUT2D eigenvalue weighted by molar-refractivity contribution is 6.04. The Bertz CT molecular complexity index is 1020. The Kier molecular flexibility index (Phi) is 5.16. The van der Waals surface area contributed by atoms with Gasteiger partial charge in [-0.25, -0.2) is 8.78 Å². The normalized spacial score (nSPS) is 10.9. The number of halogens is 2. The second-order valence-electron chi connectivity index (χ2n) is 6.07. The number of hydrogen-bond acceptors (Lipinski definition) is 5. The van der Waals surface area contributed by atoms with E-state index >= 15 is 0 Å². The van der Waals surface area contributed by atoms with E-state index in [0.717, 1.165) is 17.7 Å². The fourth-order valence-corrected chi connectivity index (χ4v) is 3.02. The zero-order valence-corrected chi connectivity index (χ0v) is 14.6. The molecule has 0 unspecified atom stereocenters. The summed E-state index contributed by atoms with van der Waals surface area (Å²) < 4.78 is 31.9. The molecule has 0 aliphatic rings.